The van der Waals surface area contributed by atoms with Crippen molar-refractivity contribution in [3.63, 3.8) is 0 Å². The first kappa shape index (κ1) is 15.2. The second-order valence-corrected chi connectivity index (χ2v) is 8.50. The summed E-state index contributed by atoms with van der Waals surface area (Å²) in [6, 6.07) is 0.458. The maximum atomic E-state index is 12.0. The van der Waals surface area contributed by atoms with Crippen LogP contribution in [0.5, 0.6) is 0 Å². The lowest BCUT2D eigenvalue weighted by atomic mass is 9.76. The fraction of sp³-hybridized carbons (Fsp3) is 0.944. The van der Waals surface area contributed by atoms with E-state index < -0.39 is 0 Å². The first-order valence-electron chi connectivity index (χ1n) is 9.08. The molecular formula is C18H32N2O. The lowest BCUT2D eigenvalue weighted by Crippen LogP contribution is -2.45. The summed E-state index contributed by atoms with van der Waals surface area (Å²) < 4.78 is 0. The zero-order valence-electron chi connectivity index (χ0n) is 13.8. The van der Waals surface area contributed by atoms with Gasteiger partial charge in [-0.05, 0) is 55.3 Å². The Balaban J connectivity index is 1.31. The fourth-order valence-electron chi connectivity index (χ4n) is 4.47. The van der Waals surface area contributed by atoms with E-state index in [2.05, 4.69) is 24.5 Å². The molecule has 0 aromatic rings. The quantitative estimate of drug-likeness (QED) is 0.805. The van der Waals surface area contributed by atoms with Gasteiger partial charge in [-0.25, -0.2) is 4.79 Å². The summed E-state index contributed by atoms with van der Waals surface area (Å²) in [6.45, 7) is 5.56. The highest BCUT2D eigenvalue weighted by Crippen LogP contribution is 2.49. The molecule has 2 unspecified atom stereocenters. The van der Waals surface area contributed by atoms with Gasteiger partial charge >= 0.3 is 6.03 Å². The number of rotatable bonds is 4. The number of nitrogens with one attached hydrogen (secondary N) is 2. The highest BCUT2D eigenvalue weighted by molar-refractivity contribution is 5.74. The molecule has 0 aromatic heterocycles. The highest BCUT2D eigenvalue weighted by Gasteiger charge is 2.43. The van der Waals surface area contributed by atoms with E-state index in [9.17, 15) is 4.79 Å². The molecule has 2 amide bonds. The molecule has 3 nitrogen and oxygen atoms in total. The van der Waals surface area contributed by atoms with Crippen molar-refractivity contribution in [2.24, 2.45) is 23.2 Å². The highest BCUT2D eigenvalue weighted by atomic mass is 16.2. The summed E-state index contributed by atoms with van der Waals surface area (Å²) >= 11 is 0. The molecule has 3 aliphatic rings. The third-order valence-corrected chi connectivity index (χ3v) is 6.18. The van der Waals surface area contributed by atoms with Crippen LogP contribution >= 0.6 is 0 Å². The van der Waals surface area contributed by atoms with Crippen molar-refractivity contribution in [2.45, 2.75) is 77.7 Å². The first-order chi connectivity index (χ1) is 10.0. The van der Waals surface area contributed by atoms with Gasteiger partial charge in [0.05, 0.1) is 0 Å². The Hall–Kier alpha value is -0.730. The van der Waals surface area contributed by atoms with Crippen molar-refractivity contribution in [3.05, 3.63) is 0 Å². The molecule has 120 valence electrons. The molecule has 3 fully saturated rings. The van der Waals surface area contributed by atoms with Crippen LogP contribution in [-0.4, -0.2) is 18.6 Å². The summed E-state index contributed by atoms with van der Waals surface area (Å²) in [7, 11) is 0. The Labute approximate surface area is 129 Å². The standard InChI is InChI=1S/C18H32N2O/c1-18(2)9-7-15(8-10-18)20-17(21)19-12-14-11-16(14)13-5-3-4-6-13/h13-16H,3-12H2,1-2H3,(H2,19,20,21). The number of carbonyl (C=O) groups excluding carboxylic acids is 1. The lowest BCUT2D eigenvalue weighted by molar-refractivity contribution is 0.197. The van der Waals surface area contributed by atoms with Crippen molar-refractivity contribution in [2.75, 3.05) is 6.54 Å². The average Bonchev–Trinajstić information content (AvgIpc) is 3.01. The third-order valence-electron chi connectivity index (χ3n) is 6.18. The van der Waals surface area contributed by atoms with Gasteiger partial charge in [-0.15, -0.1) is 0 Å². The topological polar surface area (TPSA) is 41.1 Å². The molecule has 2 atom stereocenters. The molecule has 3 heteroatoms. The van der Waals surface area contributed by atoms with Crippen molar-refractivity contribution in [3.8, 4) is 0 Å². The van der Waals surface area contributed by atoms with Gasteiger partial charge in [-0.1, -0.05) is 39.5 Å². The zero-order valence-corrected chi connectivity index (χ0v) is 13.8. The summed E-state index contributed by atoms with van der Waals surface area (Å²) in [4.78, 5) is 12.0. The zero-order chi connectivity index (χ0) is 14.9. The number of amides is 2. The molecule has 3 aliphatic carbocycles. The average molecular weight is 292 g/mol. The van der Waals surface area contributed by atoms with Crippen molar-refractivity contribution < 1.29 is 4.79 Å². The summed E-state index contributed by atoms with van der Waals surface area (Å²) in [5.74, 6) is 2.66. The van der Waals surface area contributed by atoms with Crippen molar-refractivity contribution in [1.82, 2.24) is 10.6 Å². The first-order valence-corrected chi connectivity index (χ1v) is 9.08. The Bertz CT molecular complexity index is 363. The smallest absolute Gasteiger partial charge is 0.315 e. The summed E-state index contributed by atoms with van der Waals surface area (Å²) in [5.41, 5.74) is 0.469. The van der Waals surface area contributed by atoms with Crippen LogP contribution in [0.1, 0.15) is 71.6 Å². The van der Waals surface area contributed by atoms with Crippen LogP contribution in [0, 0.1) is 23.2 Å². The second-order valence-electron chi connectivity index (χ2n) is 8.50. The van der Waals surface area contributed by atoms with E-state index in [1.165, 1.54) is 44.9 Å². The Kier molecular flexibility index (Phi) is 4.46. The van der Waals surface area contributed by atoms with Crippen molar-refractivity contribution in [1.29, 1.82) is 0 Å². The van der Waals surface area contributed by atoms with Gasteiger partial charge in [0.1, 0.15) is 0 Å². The third kappa shape index (κ3) is 4.14. The normalized spacial score (nSPS) is 32.9. The van der Waals surface area contributed by atoms with E-state index in [1.54, 1.807) is 0 Å². The van der Waals surface area contributed by atoms with Crippen molar-refractivity contribution >= 4 is 6.03 Å². The summed E-state index contributed by atoms with van der Waals surface area (Å²) in [6.07, 6.45) is 11.8. The Morgan fingerprint density at radius 3 is 2.43 bits per heavy atom. The van der Waals surface area contributed by atoms with E-state index in [-0.39, 0.29) is 6.03 Å². The van der Waals surface area contributed by atoms with Crippen LogP contribution in [0.3, 0.4) is 0 Å². The number of carbonyl (C=O) groups is 1. The van der Waals surface area contributed by atoms with E-state index in [4.69, 9.17) is 0 Å². The molecule has 0 saturated heterocycles. The fourth-order valence-corrected chi connectivity index (χ4v) is 4.47. The second kappa shape index (κ2) is 6.18. The minimum Gasteiger partial charge on any atom is -0.338 e. The maximum Gasteiger partial charge on any atom is 0.315 e. The minimum atomic E-state index is 0.0665. The molecule has 0 radical (unpaired) electrons. The van der Waals surface area contributed by atoms with Crippen LogP contribution < -0.4 is 10.6 Å². The molecule has 3 rings (SSSR count). The number of hydrogen-bond donors (Lipinski definition) is 2. The van der Waals surface area contributed by atoms with Gasteiger partial charge in [0, 0.05) is 12.6 Å². The van der Waals surface area contributed by atoms with Crippen LogP contribution in [0.15, 0.2) is 0 Å². The van der Waals surface area contributed by atoms with Crippen LogP contribution in [0.25, 0.3) is 0 Å². The molecule has 0 bridgehead atoms. The molecule has 0 heterocycles. The van der Waals surface area contributed by atoms with Crippen LogP contribution in [0.4, 0.5) is 4.79 Å². The molecule has 2 N–H and O–H groups in total. The van der Waals surface area contributed by atoms with Gasteiger partial charge in [0.15, 0.2) is 0 Å². The van der Waals surface area contributed by atoms with E-state index >= 15 is 0 Å². The van der Waals surface area contributed by atoms with E-state index in [0.29, 0.717) is 11.5 Å². The SMILES string of the molecule is CC1(C)CCC(NC(=O)NCC2CC2C2CCCC2)CC1. The molecular weight excluding hydrogens is 260 g/mol. The van der Waals surface area contributed by atoms with Gasteiger partial charge < -0.3 is 10.6 Å². The maximum absolute atomic E-state index is 12.0. The van der Waals surface area contributed by atoms with Gasteiger partial charge in [-0.3, -0.25) is 0 Å². The molecule has 0 spiro atoms. The largest absolute Gasteiger partial charge is 0.338 e. The molecule has 0 aromatic carbocycles. The molecule has 3 saturated carbocycles. The minimum absolute atomic E-state index is 0.0665. The predicted octanol–water partition coefficient (Wildman–Crippen LogP) is 4.08. The molecule has 21 heavy (non-hydrogen) atoms. The van der Waals surface area contributed by atoms with Crippen LogP contribution in [0.2, 0.25) is 0 Å². The predicted molar refractivity (Wildman–Crippen MR) is 86.1 cm³/mol. The van der Waals surface area contributed by atoms with Crippen LogP contribution in [-0.2, 0) is 0 Å². The summed E-state index contributed by atoms with van der Waals surface area (Å²) in [5, 5.41) is 6.29. The number of hydrogen-bond acceptors (Lipinski definition) is 1. The number of urea groups is 1. The van der Waals surface area contributed by atoms with E-state index in [0.717, 1.165) is 37.1 Å². The van der Waals surface area contributed by atoms with Gasteiger partial charge in [0.25, 0.3) is 0 Å². The van der Waals surface area contributed by atoms with Gasteiger partial charge in [0.2, 0.25) is 0 Å². The lowest BCUT2D eigenvalue weighted by Gasteiger charge is -2.34. The van der Waals surface area contributed by atoms with Gasteiger partial charge in [-0.2, -0.15) is 0 Å². The Morgan fingerprint density at radius 1 is 1.10 bits per heavy atom. The monoisotopic (exact) mass is 292 g/mol. The Morgan fingerprint density at radius 2 is 1.76 bits per heavy atom. The van der Waals surface area contributed by atoms with E-state index in [1.807, 2.05) is 0 Å². The molecule has 0 aliphatic heterocycles.